The van der Waals surface area contributed by atoms with Crippen LogP contribution in [0.3, 0.4) is 0 Å². The second-order valence-electron chi connectivity index (χ2n) is 5.58. The summed E-state index contributed by atoms with van der Waals surface area (Å²) in [5.74, 6) is -0.0985. The lowest BCUT2D eigenvalue weighted by molar-refractivity contribution is -0.114. The van der Waals surface area contributed by atoms with Gasteiger partial charge in [-0.25, -0.2) is 0 Å². The summed E-state index contributed by atoms with van der Waals surface area (Å²) in [6, 6.07) is 7.54. The Kier molecular flexibility index (Phi) is 3.96. The van der Waals surface area contributed by atoms with Gasteiger partial charge >= 0.3 is 0 Å². The topological polar surface area (TPSA) is 74.0 Å². The lowest BCUT2D eigenvalue weighted by Crippen LogP contribution is -2.20. The van der Waals surface area contributed by atoms with Crippen molar-refractivity contribution in [2.45, 2.75) is 32.6 Å². The normalized spacial score (nSPS) is 13.3. The summed E-state index contributed by atoms with van der Waals surface area (Å²) in [5, 5.41) is 6.12. The summed E-state index contributed by atoms with van der Waals surface area (Å²) in [5.41, 5.74) is 4.59. The van der Waals surface area contributed by atoms with Gasteiger partial charge in [-0.2, -0.15) is 0 Å². The molecule has 0 radical (unpaired) electrons. The van der Waals surface area contributed by atoms with Gasteiger partial charge in [0, 0.05) is 30.1 Å². The number of carbonyl (C=O) groups is 1. The Morgan fingerprint density at radius 3 is 2.64 bits per heavy atom. The van der Waals surface area contributed by atoms with Crippen molar-refractivity contribution in [3.8, 4) is 0 Å². The van der Waals surface area contributed by atoms with E-state index in [4.69, 9.17) is 0 Å². The summed E-state index contributed by atoms with van der Waals surface area (Å²) in [7, 11) is 0. The van der Waals surface area contributed by atoms with E-state index in [-0.39, 0.29) is 11.5 Å². The molecule has 1 aliphatic rings. The predicted molar refractivity (Wildman–Crippen MR) is 87.7 cm³/mol. The highest BCUT2D eigenvalue weighted by molar-refractivity contribution is 5.89. The molecule has 0 saturated heterocycles. The summed E-state index contributed by atoms with van der Waals surface area (Å²) >= 11 is 0. The summed E-state index contributed by atoms with van der Waals surface area (Å²) in [6.45, 7) is 1.48. The third kappa shape index (κ3) is 3.03. The number of fused-ring (bicyclic) bond motifs is 1. The molecule has 0 saturated carbocycles. The van der Waals surface area contributed by atoms with E-state index in [1.165, 1.54) is 6.92 Å². The van der Waals surface area contributed by atoms with Crippen LogP contribution >= 0.6 is 0 Å². The molecule has 114 valence electrons. The van der Waals surface area contributed by atoms with Crippen molar-refractivity contribution in [1.29, 1.82) is 0 Å². The Morgan fingerprint density at radius 1 is 1.14 bits per heavy atom. The van der Waals surface area contributed by atoms with Crippen LogP contribution in [-0.2, 0) is 17.6 Å². The maximum Gasteiger partial charge on any atom is 0.251 e. The van der Waals surface area contributed by atoms with Crippen molar-refractivity contribution < 1.29 is 4.79 Å². The quantitative estimate of drug-likeness (QED) is 0.815. The van der Waals surface area contributed by atoms with Gasteiger partial charge in [0.2, 0.25) is 5.91 Å². The fourth-order valence-corrected chi connectivity index (χ4v) is 2.91. The van der Waals surface area contributed by atoms with Crippen molar-refractivity contribution in [2.24, 2.45) is 0 Å². The minimum absolute atomic E-state index is 0.0206. The number of pyridine rings is 1. The fraction of sp³-hybridized carbons (Fsp3) is 0.294. The highest BCUT2D eigenvalue weighted by atomic mass is 16.1. The summed E-state index contributed by atoms with van der Waals surface area (Å²) in [4.78, 5) is 25.9. The van der Waals surface area contributed by atoms with E-state index in [0.717, 1.165) is 53.9 Å². The van der Waals surface area contributed by atoms with E-state index in [2.05, 4.69) is 15.6 Å². The third-order valence-electron chi connectivity index (χ3n) is 3.88. The second-order valence-corrected chi connectivity index (χ2v) is 5.58. The SMILES string of the molecule is CC(=O)Nc1cccc(Nc2c[nH]c(=O)c3c2CCCC3)c1. The molecule has 0 aliphatic heterocycles. The lowest BCUT2D eigenvalue weighted by atomic mass is 9.92. The number of aromatic amines is 1. The third-order valence-corrected chi connectivity index (χ3v) is 3.88. The maximum atomic E-state index is 11.9. The van der Waals surface area contributed by atoms with Crippen molar-refractivity contribution in [2.75, 3.05) is 10.6 Å². The minimum Gasteiger partial charge on any atom is -0.354 e. The zero-order valence-corrected chi connectivity index (χ0v) is 12.5. The van der Waals surface area contributed by atoms with Crippen LogP contribution in [0.2, 0.25) is 0 Å². The van der Waals surface area contributed by atoms with Crippen LogP contribution in [0.1, 0.15) is 30.9 Å². The largest absolute Gasteiger partial charge is 0.354 e. The van der Waals surface area contributed by atoms with E-state index < -0.39 is 0 Å². The van der Waals surface area contributed by atoms with E-state index in [1.807, 2.05) is 24.3 Å². The minimum atomic E-state index is -0.0985. The first-order chi connectivity index (χ1) is 10.6. The Bertz CT molecular complexity index is 765. The molecule has 0 spiro atoms. The number of hydrogen-bond acceptors (Lipinski definition) is 3. The van der Waals surface area contributed by atoms with E-state index >= 15 is 0 Å². The molecular formula is C17H19N3O2. The molecule has 1 amide bonds. The highest BCUT2D eigenvalue weighted by Crippen LogP contribution is 2.28. The van der Waals surface area contributed by atoms with Gasteiger partial charge in [-0.1, -0.05) is 6.07 Å². The number of H-pyrrole nitrogens is 1. The summed E-state index contributed by atoms with van der Waals surface area (Å²) < 4.78 is 0. The molecule has 0 atom stereocenters. The van der Waals surface area contributed by atoms with Crippen LogP contribution in [0, 0.1) is 0 Å². The molecule has 5 nitrogen and oxygen atoms in total. The first-order valence-corrected chi connectivity index (χ1v) is 7.51. The van der Waals surface area contributed by atoms with Crippen LogP contribution < -0.4 is 16.2 Å². The molecule has 22 heavy (non-hydrogen) atoms. The fourth-order valence-electron chi connectivity index (χ4n) is 2.91. The maximum absolute atomic E-state index is 11.9. The number of carbonyl (C=O) groups excluding carboxylic acids is 1. The Balaban J connectivity index is 1.90. The number of benzene rings is 1. The Labute approximate surface area is 128 Å². The molecule has 0 fully saturated rings. The standard InChI is InChI=1S/C17H19N3O2/c1-11(21)19-12-5-4-6-13(9-12)20-16-10-18-17(22)15-8-3-2-7-14(15)16/h4-6,9-10,20H,2-3,7-8H2,1H3,(H,18,22)(H,19,21). The van der Waals surface area contributed by atoms with Crippen LogP contribution in [0.15, 0.2) is 35.3 Å². The Hall–Kier alpha value is -2.56. The van der Waals surface area contributed by atoms with Crippen LogP contribution in [0.4, 0.5) is 17.1 Å². The summed E-state index contributed by atoms with van der Waals surface area (Å²) in [6.07, 6.45) is 5.67. The van der Waals surface area contributed by atoms with Gasteiger partial charge in [-0.15, -0.1) is 0 Å². The van der Waals surface area contributed by atoms with E-state index in [9.17, 15) is 9.59 Å². The van der Waals surface area contributed by atoms with Crippen molar-refractivity contribution in [3.63, 3.8) is 0 Å². The number of amides is 1. The molecule has 3 N–H and O–H groups in total. The van der Waals surface area contributed by atoms with Crippen LogP contribution in [-0.4, -0.2) is 10.9 Å². The van der Waals surface area contributed by atoms with E-state index in [1.54, 1.807) is 6.20 Å². The number of anilines is 3. The highest BCUT2D eigenvalue weighted by Gasteiger charge is 2.16. The van der Waals surface area contributed by atoms with Crippen molar-refractivity contribution in [1.82, 2.24) is 4.98 Å². The molecule has 1 aromatic carbocycles. The van der Waals surface area contributed by atoms with Gasteiger partial charge in [0.15, 0.2) is 0 Å². The molecule has 2 aromatic rings. The first-order valence-electron chi connectivity index (χ1n) is 7.51. The zero-order valence-electron chi connectivity index (χ0n) is 12.5. The Morgan fingerprint density at radius 2 is 1.86 bits per heavy atom. The number of hydrogen-bond donors (Lipinski definition) is 3. The van der Waals surface area contributed by atoms with Crippen molar-refractivity contribution >= 4 is 23.0 Å². The van der Waals surface area contributed by atoms with E-state index in [0.29, 0.717) is 0 Å². The van der Waals surface area contributed by atoms with Gasteiger partial charge < -0.3 is 15.6 Å². The van der Waals surface area contributed by atoms with Gasteiger partial charge in [-0.3, -0.25) is 9.59 Å². The lowest BCUT2D eigenvalue weighted by Gasteiger charge is -2.19. The average molecular weight is 297 g/mol. The molecule has 1 heterocycles. The smallest absolute Gasteiger partial charge is 0.251 e. The number of aromatic nitrogens is 1. The molecule has 1 aromatic heterocycles. The molecule has 0 unspecified atom stereocenters. The molecule has 0 bridgehead atoms. The number of nitrogens with one attached hydrogen (secondary N) is 3. The predicted octanol–water partition coefficient (Wildman–Crippen LogP) is 2.96. The molecular weight excluding hydrogens is 278 g/mol. The number of rotatable bonds is 3. The molecule has 1 aliphatic carbocycles. The molecule has 5 heteroatoms. The van der Waals surface area contributed by atoms with Crippen LogP contribution in [0.5, 0.6) is 0 Å². The monoisotopic (exact) mass is 297 g/mol. The van der Waals surface area contributed by atoms with Crippen molar-refractivity contribution in [3.05, 3.63) is 51.9 Å². The van der Waals surface area contributed by atoms with Gasteiger partial charge in [-0.05, 0) is 49.4 Å². The zero-order chi connectivity index (χ0) is 15.5. The van der Waals surface area contributed by atoms with Gasteiger partial charge in [0.05, 0.1) is 5.69 Å². The van der Waals surface area contributed by atoms with Gasteiger partial charge in [0.1, 0.15) is 0 Å². The average Bonchev–Trinajstić information content (AvgIpc) is 2.50. The first kappa shape index (κ1) is 14.4. The van der Waals surface area contributed by atoms with Gasteiger partial charge in [0.25, 0.3) is 5.56 Å². The second kappa shape index (κ2) is 6.05. The van der Waals surface area contributed by atoms with Crippen LogP contribution in [0.25, 0.3) is 0 Å². The molecule has 3 rings (SSSR count).